The molecule has 0 unspecified atom stereocenters. The second-order valence-electron chi connectivity index (χ2n) is 11.1. The number of carbonyl (C=O) groups is 1. The first-order chi connectivity index (χ1) is 43.0. The number of carbonyl (C=O) groups excluding carboxylic acids is 1. The van der Waals surface area contributed by atoms with E-state index in [1.807, 2.05) is 492 Å². The Morgan fingerprint density at radius 3 is 0.591 bits per heavy atom. The Hall–Kier alpha value is 14.0. The van der Waals surface area contributed by atoms with Crippen molar-refractivity contribution in [3.63, 3.8) is 0 Å². The lowest BCUT2D eigenvalue weighted by molar-refractivity contribution is 0.112. The largest absolute Gasteiger partial charge is 0.298 e. The molecule has 0 atom stereocenters. The molecule has 73 heteroatoms. The highest BCUT2D eigenvalue weighted by Crippen LogP contribution is 2.21. The molecule has 0 aliphatic heterocycles. The Morgan fingerprint density at radius 2 is 0.466 bits per heavy atom. The molecule has 516 valence electrons. The Kier molecular flexibility index (Phi) is 98.5. The van der Waals surface area contributed by atoms with Gasteiger partial charge in [-0.15, -0.1) is 5.54 Å². The number of aromatic nitrogens is 1. The van der Waals surface area contributed by atoms with Crippen LogP contribution in [0.3, 0.4) is 0 Å². The van der Waals surface area contributed by atoms with Gasteiger partial charge in [0.05, 0.1) is 0 Å². The summed E-state index contributed by atoms with van der Waals surface area (Å²) in [5, 5.41) is 0. The minimum atomic E-state index is -1.46. The van der Waals surface area contributed by atoms with Crippen LogP contribution in [0.1, 0.15) is 42.5 Å². The first-order valence-corrected chi connectivity index (χ1v) is 113. The van der Waals surface area contributed by atoms with Gasteiger partial charge in [-0.05, 0) is 12.1 Å². The van der Waals surface area contributed by atoms with Gasteiger partial charge in [0.2, 0.25) is 0 Å². The van der Waals surface area contributed by atoms with Crippen LogP contribution in [0, 0.1) is 11.5 Å². The van der Waals surface area contributed by atoms with E-state index >= 15 is 0 Å². The number of pyridine rings is 1. The van der Waals surface area contributed by atoms with E-state index in [-0.39, 0.29) is 5.41 Å². The van der Waals surface area contributed by atoms with Gasteiger partial charge >= 0.3 is 0 Å². The number of rotatable bonds is 1. The van der Waals surface area contributed by atoms with Crippen molar-refractivity contribution in [1.82, 2.24) is 4.98 Å². The van der Waals surface area contributed by atoms with Gasteiger partial charge in [-0.1, -0.05) is 46.3 Å². The van der Waals surface area contributed by atoms with Gasteiger partial charge in [0.25, 0.3) is 0 Å². The molecular weight excluding hydrogens is 2480 g/mol. The zero-order chi connectivity index (χ0) is 64.1. The van der Waals surface area contributed by atoms with Crippen LogP contribution in [0.15, 0.2) is 12.1 Å². The molecule has 0 bridgehead atoms. The summed E-state index contributed by atoms with van der Waals surface area (Å²) in [7, 11) is 121. The van der Waals surface area contributed by atoms with Crippen molar-refractivity contribution in [2.45, 2.75) is 45.8 Å². The van der Waals surface area contributed by atoms with E-state index in [0.717, 1.165) is 12.0 Å². The standard InChI is InChI=1S/C15H21NOSi.S70/c1-15(2,3)14-8-7-12(11-17)13(16-14)9-10-18(4,5)6;1-3-5-7-9-11-13-15-17-19-21-23-25-27-29-31-33-35-37-39-41-43-45-47-49-51-53-55-57-59-61-63-65-67-69-70-68-66-64-62-60-58-56-54-52-50-48-46-44-42-40-38-36-34-32-30-28-26-24-22-20-18-16-14-12-10-8-6-4-2/h7-8,11H,1-6H3;. The monoisotopic (exact) mass is 2500 g/mol. The average molecular weight is 2500 g/mol. The smallest absolute Gasteiger partial charge is 0.152 e. The van der Waals surface area contributed by atoms with Gasteiger partial charge in [-0.2, -0.15) is 0 Å². The highest BCUT2D eigenvalue weighted by molar-refractivity contribution is 8.84. The first-order valence-electron chi connectivity index (χ1n) is 17.6. The van der Waals surface area contributed by atoms with Crippen molar-refractivity contribution in [2.24, 2.45) is 0 Å². The highest BCUT2D eigenvalue weighted by atomic mass is 33.5. The molecule has 1 aromatic rings. The van der Waals surface area contributed by atoms with E-state index in [2.05, 4.69) is 56.9 Å². The Morgan fingerprint density at radius 1 is 0.307 bits per heavy atom. The van der Waals surface area contributed by atoms with Crippen LogP contribution in [0.4, 0.5) is 0 Å². The molecule has 1 heterocycles. The zero-order valence-corrected chi connectivity index (χ0v) is 98.8. The fourth-order valence-corrected chi connectivity index (χ4v) is 184. The van der Waals surface area contributed by atoms with Gasteiger partial charge in [-0.3, -0.25) is 4.79 Å². The molecular formula is C15H21NOS70Si. The molecule has 0 aromatic carbocycles. The Balaban J connectivity index is 0.00000356. The van der Waals surface area contributed by atoms with E-state index in [1.54, 1.807) is 107 Å². The number of hydrogen-bond donors (Lipinski definition) is 0. The number of aldehydes is 1. The van der Waals surface area contributed by atoms with Crippen LogP contribution in [0.25, 0.3) is 0 Å². The fraction of sp³-hybridized carbons (Fsp3) is 0.467. The third kappa shape index (κ3) is 84.0. The molecule has 0 N–H and O–H groups in total. The molecule has 0 aliphatic rings. The lowest BCUT2D eigenvalue weighted by Crippen LogP contribution is -2.17. The normalized spacial score (nSPS) is 8.61. The highest BCUT2D eigenvalue weighted by Gasteiger charge is 2.17. The summed E-state index contributed by atoms with van der Waals surface area (Å²) in [6, 6.07) is 3.72. The second-order valence-corrected chi connectivity index (χ2v) is 136. The summed E-state index contributed by atoms with van der Waals surface area (Å²) < 4.78 is 0. The van der Waals surface area contributed by atoms with Gasteiger partial charge in [0.1, 0.15) is 13.8 Å². The lowest BCUT2D eigenvalue weighted by atomic mass is 9.91. The van der Waals surface area contributed by atoms with Crippen molar-refractivity contribution < 1.29 is 4.79 Å². The van der Waals surface area contributed by atoms with Gasteiger partial charge in [-0.25, -0.2) is 4.98 Å². The van der Waals surface area contributed by atoms with Crippen molar-refractivity contribution >= 4 is 641 Å². The van der Waals surface area contributed by atoms with Crippen LogP contribution >= 0.6 is 0 Å². The molecule has 0 saturated heterocycles. The summed E-state index contributed by atoms with van der Waals surface area (Å²) in [6.07, 6.45) is 0.827. The number of hydrogen-bond acceptors (Lipinski definition) is 4. The molecule has 0 aliphatic carbocycles. The van der Waals surface area contributed by atoms with Gasteiger partial charge in [0, 0.05) is 643 Å². The predicted octanol–water partition coefficient (Wildman–Crippen LogP) is 3.25. The Labute approximate surface area is 716 Å². The van der Waals surface area contributed by atoms with E-state index in [0.29, 0.717) is 11.3 Å². The summed E-state index contributed by atoms with van der Waals surface area (Å²) in [4.78, 5) is 15.6. The first kappa shape index (κ1) is 102. The topological polar surface area (TPSA) is 30.0 Å². The summed E-state index contributed by atoms with van der Waals surface area (Å²) in [5.41, 5.74) is 5.38. The molecule has 0 amide bonds. The zero-order valence-electron chi connectivity index (χ0n) is 40.7. The van der Waals surface area contributed by atoms with Gasteiger partial charge < -0.3 is 0 Å². The molecule has 2 nitrogen and oxygen atoms in total. The second kappa shape index (κ2) is 85.0. The maximum Gasteiger partial charge on any atom is 0.152 e. The van der Waals surface area contributed by atoms with E-state index < -0.39 is 8.07 Å². The van der Waals surface area contributed by atoms with Crippen molar-refractivity contribution in [3.8, 4) is 11.5 Å². The minimum absolute atomic E-state index is 0.0307. The third-order valence-electron chi connectivity index (χ3n) is 4.24. The van der Waals surface area contributed by atoms with Crippen LogP contribution < -0.4 is 0 Å². The maximum atomic E-state index is 11.0. The summed E-state index contributed by atoms with van der Waals surface area (Å²) >= 11 is 9.65. The molecule has 88 heavy (non-hydrogen) atoms. The summed E-state index contributed by atoms with van der Waals surface area (Å²) in [5.74, 6) is 3.09. The number of nitrogens with zero attached hydrogens (tertiary/aromatic N) is 1. The van der Waals surface area contributed by atoms with Crippen molar-refractivity contribution in [2.75, 3.05) is 0 Å². The van der Waals surface area contributed by atoms with E-state index in [1.165, 1.54) is 17.8 Å². The lowest BCUT2D eigenvalue weighted by Gasteiger charge is -2.18. The molecule has 0 fully saturated rings. The SMILES string of the molecule is CC(C)(C)c1ccc(C=O)c(C#C[Si](C)(C)C)n1.S=S=S=S=S=S=S=S=S=S=S=S=S=S=S=S=S=S=S=S=S=S=S=S=S=S=S=S=S=S=S=S=S=S=S=S=S=S=S=S=S=S=S=S=S=S=S=S=S=S=S=S=S=S=S=S=S=S=S=S=S=S=S=S=S=S=S=S=S=S. The maximum absolute atomic E-state index is 11.0. The minimum Gasteiger partial charge on any atom is -0.298 e. The van der Waals surface area contributed by atoms with Crippen LogP contribution in [-0.4, -0.2) is 19.3 Å². The summed E-state index contributed by atoms with van der Waals surface area (Å²) in [6.45, 7) is 12.8. The Bertz CT molecular complexity index is 5850. The van der Waals surface area contributed by atoms with Crippen LogP contribution in [0.2, 0.25) is 19.6 Å². The van der Waals surface area contributed by atoms with Crippen LogP contribution in [-0.2, 0) is 632 Å². The fourth-order valence-electron chi connectivity index (χ4n) is 2.08. The van der Waals surface area contributed by atoms with Crippen molar-refractivity contribution in [3.05, 3.63) is 29.1 Å². The molecule has 0 saturated carbocycles. The predicted molar refractivity (Wildman–Crippen MR) is 594 cm³/mol. The average Bonchev–Trinajstić information content (AvgIpc) is 3.16. The quantitative estimate of drug-likeness (QED) is 0.246. The van der Waals surface area contributed by atoms with Crippen LogP contribution in [0.5, 0.6) is 0 Å². The van der Waals surface area contributed by atoms with E-state index in [9.17, 15) is 4.79 Å². The molecule has 0 radical (unpaired) electrons. The molecule has 1 rings (SSSR count). The van der Waals surface area contributed by atoms with Gasteiger partial charge in [0.15, 0.2) is 6.29 Å². The van der Waals surface area contributed by atoms with Crippen molar-refractivity contribution in [1.29, 1.82) is 0 Å². The molecule has 1 aromatic heterocycles. The molecule has 0 spiro atoms. The third-order valence-corrected chi connectivity index (χ3v) is 154. The van der Waals surface area contributed by atoms with E-state index in [4.69, 9.17) is 22.4 Å².